The van der Waals surface area contributed by atoms with Crippen molar-refractivity contribution in [3.8, 4) is 0 Å². The van der Waals surface area contributed by atoms with E-state index in [2.05, 4.69) is 10.3 Å². The fourth-order valence-electron chi connectivity index (χ4n) is 1.44. The normalized spacial score (nSPS) is 10.7. The zero-order valence-electron chi connectivity index (χ0n) is 11.1. The summed E-state index contributed by atoms with van der Waals surface area (Å²) in [6.45, 7) is 6.79. The predicted molar refractivity (Wildman–Crippen MR) is 69.8 cm³/mol. The van der Waals surface area contributed by atoms with Crippen LogP contribution in [-0.4, -0.2) is 30.1 Å². The maximum Gasteiger partial charge on any atom is 0.260 e. The average Bonchev–Trinajstić information content (AvgIpc) is 2.27. The average molecular weight is 252 g/mol. The highest BCUT2D eigenvalue weighted by atomic mass is 16.5. The molecule has 0 atom stereocenters. The van der Waals surface area contributed by atoms with E-state index in [-0.39, 0.29) is 23.1 Å². The van der Waals surface area contributed by atoms with Gasteiger partial charge < -0.3 is 15.0 Å². The maximum atomic E-state index is 11.7. The third kappa shape index (κ3) is 4.71. The Bertz CT molecular complexity index is 452. The predicted octanol–water partition coefficient (Wildman–Crippen LogP) is 1.23. The number of hydrogen-bond donors (Lipinski definition) is 2. The molecule has 0 aliphatic rings. The Hall–Kier alpha value is -1.62. The number of rotatable bonds is 6. The van der Waals surface area contributed by atoms with Gasteiger partial charge in [-0.3, -0.25) is 9.59 Å². The van der Waals surface area contributed by atoms with Crippen molar-refractivity contribution in [2.45, 2.75) is 33.3 Å². The Morgan fingerprint density at radius 1 is 1.44 bits per heavy atom. The van der Waals surface area contributed by atoms with Crippen molar-refractivity contribution in [3.63, 3.8) is 0 Å². The van der Waals surface area contributed by atoms with E-state index in [1.54, 1.807) is 13.0 Å². The number of hydrogen-bond acceptors (Lipinski definition) is 3. The van der Waals surface area contributed by atoms with Gasteiger partial charge in [0.15, 0.2) is 0 Å². The molecular weight excluding hydrogens is 232 g/mol. The molecule has 0 unspecified atom stereocenters. The van der Waals surface area contributed by atoms with E-state index in [0.717, 1.165) is 12.1 Å². The van der Waals surface area contributed by atoms with E-state index in [1.807, 2.05) is 13.8 Å². The van der Waals surface area contributed by atoms with Gasteiger partial charge in [0.25, 0.3) is 11.5 Å². The highest BCUT2D eigenvalue weighted by Gasteiger charge is 2.09. The molecule has 100 valence electrons. The second-order valence-electron chi connectivity index (χ2n) is 4.41. The van der Waals surface area contributed by atoms with Crippen LogP contribution in [0.1, 0.15) is 36.3 Å². The van der Waals surface area contributed by atoms with Crippen LogP contribution in [-0.2, 0) is 4.74 Å². The number of carbonyl (C=O) groups excluding carboxylic acids is 1. The van der Waals surface area contributed by atoms with E-state index in [9.17, 15) is 9.59 Å². The van der Waals surface area contributed by atoms with Crippen LogP contribution in [0.3, 0.4) is 0 Å². The van der Waals surface area contributed by atoms with Gasteiger partial charge in [0.1, 0.15) is 5.56 Å². The van der Waals surface area contributed by atoms with Gasteiger partial charge in [-0.2, -0.15) is 0 Å². The van der Waals surface area contributed by atoms with Crippen molar-refractivity contribution >= 4 is 5.91 Å². The van der Waals surface area contributed by atoms with Crippen LogP contribution in [0.5, 0.6) is 0 Å². The van der Waals surface area contributed by atoms with E-state index < -0.39 is 0 Å². The van der Waals surface area contributed by atoms with Gasteiger partial charge in [-0.05, 0) is 39.3 Å². The number of ether oxygens (including phenoxy) is 1. The van der Waals surface area contributed by atoms with Crippen molar-refractivity contribution in [2.24, 2.45) is 0 Å². The van der Waals surface area contributed by atoms with E-state index in [0.29, 0.717) is 13.2 Å². The molecule has 5 heteroatoms. The van der Waals surface area contributed by atoms with Gasteiger partial charge in [0.05, 0.1) is 6.10 Å². The second-order valence-corrected chi connectivity index (χ2v) is 4.41. The van der Waals surface area contributed by atoms with Gasteiger partial charge in [-0.15, -0.1) is 0 Å². The van der Waals surface area contributed by atoms with Gasteiger partial charge in [-0.1, -0.05) is 0 Å². The molecule has 1 amide bonds. The maximum absolute atomic E-state index is 11.7. The Labute approximate surface area is 107 Å². The van der Waals surface area contributed by atoms with Crippen molar-refractivity contribution in [2.75, 3.05) is 13.2 Å². The lowest BCUT2D eigenvalue weighted by atomic mass is 10.2. The first-order valence-electron chi connectivity index (χ1n) is 6.10. The Kier molecular flexibility index (Phi) is 5.58. The number of aromatic nitrogens is 1. The third-order valence-corrected chi connectivity index (χ3v) is 2.36. The highest BCUT2D eigenvalue weighted by molar-refractivity contribution is 5.93. The third-order valence-electron chi connectivity index (χ3n) is 2.36. The van der Waals surface area contributed by atoms with Gasteiger partial charge in [0, 0.05) is 18.8 Å². The quantitative estimate of drug-likeness (QED) is 0.748. The summed E-state index contributed by atoms with van der Waals surface area (Å²) < 4.78 is 5.35. The van der Waals surface area contributed by atoms with Crippen LogP contribution in [0.25, 0.3) is 0 Å². The fourth-order valence-corrected chi connectivity index (χ4v) is 1.44. The zero-order valence-corrected chi connectivity index (χ0v) is 11.1. The molecule has 0 saturated carbocycles. The molecule has 0 aliphatic carbocycles. The molecule has 18 heavy (non-hydrogen) atoms. The first kappa shape index (κ1) is 14.4. The summed E-state index contributed by atoms with van der Waals surface area (Å²) in [5, 5.41) is 2.69. The summed E-state index contributed by atoms with van der Waals surface area (Å²) in [5.41, 5.74) is 0.526. The smallest absolute Gasteiger partial charge is 0.260 e. The number of carbonyl (C=O) groups is 1. The van der Waals surface area contributed by atoms with Crippen LogP contribution < -0.4 is 10.9 Å². The van der Waals surface area contributed by atoms with Crippen LogP contribution in [0.2, 0.25) is 0 Å². The lowest BCUT2D eigenvalue weighted by Gasteiger charge is -2.08. The van der Waals surface area contributed by atoms with Crippen molar-refractivity contribution in [1.82, 2.24) is 10.3 Å². The van der Waals surface area contributed by atoms with Crippen molar-refractivity contribution in [3.05, 3.63) is 33.7 Å². The summed E-state index contributed by atoms with van der Waals surface area (Å²) in [5.74, 6) is -0.346. The SMILES string of the molecule is Cc1ccc(C(=O)NCCCOC(C)C)c(=O)[nH]1. The van der Waals surface area contributed by atoms with E-state index in [4.69, 9.17) is 4.74 Å². The zero-order chi connectivity index (χ0) is 13.5. The number of H-pyrrole nitrogens is 1. The van der Waals surface area contributed by atoms with Crippen molar-refractivity contribution < 1.29 is 9.53 Å². The fraction of sp³-hybridized carbons (Fsp3) is 0.538. The topological polar surface area (TPSA) is 71.2 Å². The summed E-state index contributed by atoms with van der Waals surface area (Å²) in [4.78, 5) is 25.8. The molecule has 0 fully saturated rings. The standard InChI is InChI=1S/C13H20N2O3/c1-9(2)18-8-4-7-14-12(16)11-6-5-10(3)15-13(11)17/h5-6,9H,4,7-8H2,1-3H3,(H,14,16)(H,15,17). The van der Waals surface area contributed by atoms with Gasteiger partial charge in [0.2, 0.25) is 0 Å². The monoisotopic (exact) mass is 252 g/mol. The number of aryl methyl sites for hydroxylation is 1. The van der Waals surface area contributed by atoms with Crippen LogP contribution in [0.4, 0.5) is 0 Å². The lowest BCUT2D eigenvalue weighted by Crippen LogP contribution is -2.30. The van der Waals surface area contributed by atoms with Gasteiger partial charge in [-0.25, -0.2) is 0 Å². The Balaban J connectivity index is 2.39. The molecule has 1 aromatic rings. The van der Waals surface area contributed by atoms with E-state index >= 15 is 0 Å². The Morgan fingerprint density at radius 2 is 2.17 bits per heavy atom. The number of pyridine rings is 1. The molecule has 0 aromatic carbocycles. The Morgan fingerprint density at radius 3 is 2.78 bits per heavy atom. The first-order chi connectivity index (χ1) is 8.50. The molecule has 0 bridgehead atoms. The molecule has 5 nitrogen and oxygen atoms in total. The molecular formula is C13H20N2O3. The molecule has 0 aliphatic heterocycles. The first-order valence-corrected chi connectivity index (χ1v) is 6.10. The van der Waals surface area contributed by atoms with Crippen LogP contribution in [0, 0.1) is 6.92 Å². The summed E-state index contributed by atoms with van der Waals surface area (Å²) in [6, 6.07) is 3.24. The minimum atomic E-state index is -0.356. The van der Waals surface area contributed by atoms with E-state index in [1.165, 1.54) is 6.07 Å². The summed E-state index contributed by atoms with van der Waals surface area (Å²) in [6.07, 6.45) is 0.925. The summed E-state index contributed by atoms with van der Waals surface area (Å²) >= 11 is 0. The molecule has 1 heterocycles. The largest absolute Gasteiger partial charge is 0.379 e. The minimum absolute atomic E-state index is 0.144. The minimum Gasteiger partial charge on any atom is -0.379 e. The van der Waals surface area contributed by atoms with Crippen LogP contribution >= 0.6 is 0 Å². The number of aromatic amines is 1. The molecule has 1 aromatic heterocycles. The lowest BCUT2D eigenvalue weighted by molar-refractivity contribution is 0.0757. The van der Waals surface area contributed by atoms with Crippen LogP contribution in [0.15, 0.2) is 16.9 Å². The van der Waals surface area contributed by atoms with Crippen molar-refractivity contribution in [1.29, 1.82) is 0 Å². The number of nitrogens with one attached hydrogen (secondary N) is 2. The van der Waals surface area contributed by atoms with Gasteiger partial charge >= 0.3 is 0 Å². The molecule has 1 rings (SSSR count). The highest BCUT2D eigenvalue weighted by Crippen LogP contribution is 1.94. The molecule has 0 spiro atoms. The number of amides is 1. The summed E-state index contributed by atoms with van der Waals surface area (Å²) in [7, 11) is 0. The second kappa shape index (κ2) is 6.96. The molecule has 0 saturated heterocycles. The molecule has 0 radical (unpaired) electrons. The molecule has 2 N–H and O–H groups in total.